The van der Waals surface area contributed by atoms with Gasteiger partial charge in [0, 0.05) is 11.9 Å². The predicted octanol–water partition coefficient (Wildman–Crippen LogP) is 1.70. The van der Waals surface area contributed by atoms with Crippen LogP contribution in [0.2, 0.25) is 4.34 Å². The lowest BCUT2D eigenvalue weighted by Crippen LogP contribution is -2.30. The van der Waals surface area contributed by atoms with Gasteiger partial charge in [-0.15, -0.1) is 11.3 Å². The molecule has 2 aromatic heterocycles. The lowest BCUT2D eigenvalue weighted by Gasteiger charge is -2.16. The van der Waals surface area contributed by atoms with Crippen LogP contribution >= 0.6 is 22.9 Å². The van der Waals surface area contributed by atoms with E-state index in [2.05, 4.69) is 10.5 Å². The summed E-state index contributed by atoms with van der Waals surface area (Å²) in [6.45, 7) is 0. The van der Waals surface area contributed by atoms with E-state index in [0.29, 0.717) is 5.75 Å². The molecule has 0 aliphatic heterocycles. The zero-order valence-corrected chi connectivity index (χ0v) is 11.0. The average molecular weight is 273 g/mol. The van der Waals surface area contributed by atoms with E-state index in [9.17, 15) is 0 Å². The van der Waals surface area contributed by atoms with Crippen molar-refractivity contribution in [1.29, 1.82) is 0 Å². The number of rotatable bonds is 4. The molecule has 5 nitrogen and oxygen atoms in total. The minimum Gasteiger partial charge on any atom is -0.493 e. The lowest BCUT2D eigenvalue weighted by atomic mass is 10.1. The Bertz CT molecular complexity index is 510. The van der Waals surface area contributed by atoms with E-state index in [4.69, 9.17) is 22.2 Å². The summed E-state index contributed by atoms with van der Waals surface area (Å²) >= 11 is 7.41. The Kier molecular flexibility index (Phi) is 3.68. The number of nitrogens with zero attached hydrogens (tertiary/aromatic N) is 2. The molecule has 0 aromatic carbocycles. The third kappa shape index (κ3) is 2.30. The molecule has 0 aliphatic carbocycles. The molecule has 0 amide bonds. The van der Waals surface area contributed by atoms with Crippen LogP contribution in [-0.2, 0) is 7.05 Å². The Hall–Kier alpha value is -1.08. The number of thiophene rings is 1. The Balaban J connectivity index is 2.44. The molecular weight excluding hydrogens is 260 g/mol. The Morgan fingerprint density at radius 2 is 2.35 bits per heavy atom. The van der Waals surface area contributed by atoms with Gasteiger partial charge < -0.3 is 4.74 Å². The van der Waals surface area contributed by atoms with Crippen LogP contribution in [0, 0.1) is 0 Å². The zero-order valence-electron chi connectivity index (χ0n) is 9.48. The average Bonchev–Trinajstić information content (AvgIpc) is 2.89. The van der Waals surface area contributed by atoms with Crippen LogP contribution in [0.5, 0.6) is 5.75 Å². The van der Waals surface area contributed by atoms with Crippen molar-refractivity contribution >= 4 is 22.9 Å². The van der Waals surface area contributed by atoms with E-state index in [-0.39, 0.29) is 6.04 Å². The van der Waals surface area contributed by atoms with E-state index < -0.39 is 0 Å². The van der Waals surface area contributed by atoms with Crippen molar-refractivity contribution in [3.05, 3.63) is 33.2 Å². The standard InChI is InChI=1S/C10H13ClN4OS/c1-15-10(6(16-2)5-13-15)9(14-12)7-3-4-8(11)17-7/h3-5,9,14H,12H2,1-2H3. The van der Waals surface area contributed by atoms with Gasteiger partial charge in [-0.2, -0.15) is 5.10 Å². The number of hydrogen-bond donors (Lipinski definition) is 2. The summed E-state index contributed by atoms with van der Waals surface area (Å²) in [4.78, 5) is 1.01. The number of ether oxygens (including phenoxy) is 1. The van der Waals surface area contributed by atoms with Gasteiger partial charge in [0.05, 0.1) is 17.6 Å². The first-order chi connectivity index (χ1) is 8.17. The maximum absolute atomic E-state index is 5.93. The molecule has 0 aliphatic rings. The molecule has 0 saturated carbocycles. The van der Waals surface area contributed by atoms with Crippen LogP contribution in [0.15, 0.2) is 18.3 Å². The Labute approximate surface area is 108 Å². The van der Waals surface area contributed by atoms with Crippen LogP contribution in [0.25, 0.3) is 0 Å². The monoisotopic (exact) mass is 272 g/mol. The molecule has 7 heteroatoms. The first-order valence-corrected chi connectivity index (χ1v) is 6.14. The second kappa shape index (κ2) is 5.05. The Morgan fingerprint density at radius 3 is 2.88 bits per heavy atom. The maximum Gasteiger partial charge on any atom is 0.162 e. The number of hydrogen-bond acceptors (Lipinski definition) is 5. The number of nitrogens with one attached hydrogen (secondary N) is 1. The second-order valence-corrected chi connectivity index (χ2v) is 5.21. The van der Waals surface area contributed by atoms with Gasteiger partial charge in [-0.1, -0.05) is 11.6 Å². The highest BCUT2D eigenvalue weighted by Crippen LogP contribution is 2.34. The van der Waals surface area contributed by atoms with Crippen molar-refractivity contribution in [3.63, 3.8) is 0 Å². The van der Waals surface area contributed by atoms with Crippen molar-refractivity contribution in [1.82, 2.24) is 15.2 Å². The molecule has 3 N–H and O–H groups in total. The summed E-state index contributed by atoms with van der Waals surface area (Å²) in [7, 11) is 3.45. The summed E-state index contributed by atoms with van der Waals surface area (Å²) in [6.07, 6.45) is 1.66. The van der Waals surface area contributed by atoms with Crippen molar-refractivity contribution in [3.8, 4) is 5.75 Å². The summed E-state index contributed by atoms with van der Waals surface area (Å²) < 4.78 is 7.73. The van der Waals surface area contributed by atoms with Crippen LogP contribution in [-0.4, -0.2) is 16.9 Å². The lowest BCUT2D eigenvalue weighted by molar-refractivity contribution is 0.401. The van der Waals surface area contributed by atoms with Crippen molar-refractivity contribution in [2.24, 2.45) is 12.9 Å². The van der Waals surface area contributed by atoms with Gasteiger partial charge in [-0.3, -0.25) is 10.5 Å². The summed E-state index contributed by atoms with van der Waals surface area (Å²) in [5, 5.41) is 4.16. The zero-order chi connectivity index (χ0) is 12.4. The molecule has 2 heterocycles. The molecule has 2 aromatic rings. The SMILES string of the molecule is COc1cnn(C)c1C(NN)c1ccc(Cl)s1. The smallest absolute Gasteiger partial charge is 0.162 e. The fourth-order valence-corrected chi connectivity index (χ4v) is 2.82. The number of hydrazine groups is 1. The molecule has 2 rings (SSSR count). The number of halogens is 1. The molecule has 17 heavy (non-hydrogen) atoms. The minimum atomic E-state index is -0.185. The minimum absolute atomic E-state index is 0.185. The van der Waals surface area contributed by atoms with Gasteiger partial charge in [-0.05, 0) is 12.1 Å². The second-order valence-electron chi connectivity index (χ2n) is 3.46. The molecule has 1 atom stereocenters. The largest absolute Gasteiger partial charge is 0.493 e. The summed E-state index contributed by atoms with van der Waals surface area (Å²) in [5.74, 6) is 6.31. The highest BCUT2D eigenvalue weighted by atomic mass is 35.5. The number of aromatic nitrogens is 2. The van der Waals surface area contributed by atoms with Crippen molar-refractivity contribution in [2.75, 3.05) is 7.11 Å². The molecule has 92 valence electrons. The van der Waals surface area contributed by atoms with Crippen LogP contribution in [0.4, 0.5) is 0 Å². The quantitative estimate of drug-likeness (QED) is 0.657. The maximum atomic E-state index is 5.93. The van der Waals surface area contributed by atoms with E-state index in [1.54, 1.807) is 18.0 Å². The number of aryl methyl sites for hydroxylation is 1. The first kappa shape index (κ1) is 12.4. The van der Waals surface area contributed by atoms with Crippen LogP contribution < -0.4 is 16.0 Å². The van der Waals surface area contributed by atoms with Crippen LogP contribution in [0.3, 0.4) is 0 Å². The highest BCUT2D eigenvalue weighted by Gasteiger charge is 2.22. The fourth-order valence-electron chi connectivity index (χ4n) is 1.69. The van der Waals surface area contributed by atoms with E-state index >= 15 is 0 Å². The molecule has 0 saturated heterocycles. The topological polar surface area (TPSA) is 65.1 Å². The molecule has 0 radical (unpaired) electrons. The normalized spacial score (nSPS) is 12.7. The highest BCUT2D eigenvalue weighted by molar-refractivity contribution is 7.16. The van der Waals surface area contributed by atoms with Gasteiger partial charge in [0.15, 0.2) is 5.75 Å². The van der Waals surface area contributed by atoms with Gasteiger partial charge in [0.1, 0.15) is 11.7 Å². The van der Waals surface area contributed by atoms with E-state index in [1.165, 1.54) is 11.3 Å². The van der Waals surface area contributed by atoms with Crippen LogP contribution in [0.1, 0.15) is 16.6 Å². The number of methoxy groups -OCH3 is 1. The van der Waals surface area contributed by atoms with E-state index in [0.717, 1.165) is 14.9 Å². The first-order valence-electron chi connectivity index (χ1n) is 4.94. The molecule has 0 spiro atoms. The molecule has 0 bridgehead atoms. The molecule has 0 fully saturated rings. The van der Waals surface area contributed by atoms with Gasteiger partial charge in [0.2, 0.25) is 0 Å². The van der Waals surface area contributed by atoms with Gasteiger partial charge in [0.25, 0.3) is 0 Å². The molecule has 1 unspecified atom stereocenters. The fraction of sp³-hybridized carbons (Fsp3) is 0.300. The third-order valence-electron chi connectivity index (χ3n) is 2.49. The Morgan fingerprint density at radius 1 is 1.59 bits per heavy atom. The van der Waals surface area contributed by atoms with Gasteiger partial charge in [-0.25, -0.2) is 5.43 Å². The summed E-state index contributed by atoms with van der Waals surface area (Å²) in [5.41, 5.74) is 3.63. The van der Waals surface area contributed by atoms with Crippen molar-refractivity contribution < 1.29 is 4.74 Å². The third-order valence-corrected chi connectivity index (χ3v) is 3.78. The predicted molar refractivity (Wildman–Crippen MR) is 68.3 cm³/mol. The van der Waals surface area contributed by atoms with Crippen molar-refractivity contribution in [2.45, 2.75) is 6.04 Å². The number of nitrogens with two attached hydrogens (primary N) is 1. The van der Waals surface area contributed by atoms with E-state index in [1.807, 2.05) is 19.2 Å². The molecular formula is C10H13ClN4OS. The summed E-state index contributed by atoms with van der Waals surface area (Å²) in [6, 6.07) is 3.59. The van der Waals surface area contributed by atoms with Gasteiger partial charge >= 0.3 is 0 Å².